The SMILES string of the molecule is C=C1c2cc(C(=O)NCCC)ccc2-c2ccc(C(=O)NCCC)cc21.CCCNC(=O)c1ccc2c(c1)C(CO)c1cc(C(=O)NCCC)ccc1-2.CCCNC(=O)c1ccc2c(c1)C(COC(C)=O)c1cc(C(=O)NCCC)ccc1-2. The minimum Gasteiger partial charge on any atom is -0.465 e. The Balaban J connectivity index is 0.000000179. The molecule has 0 saturated heterocycles. The first-order valence-corrected chi connectivity index (χ1v) is 29.1. The summed E-state index contributed by atoms with van der Waals surface area (Å²) in [5.41, 5.74) is 16.2. The summed E-state index contributed by atoms with van der Waals surface area (Å²) >= 11 is 0. The third kappa shape index (κ3) is 14.5. The van der Waals surface area contributed by atoms with Crippen LogP contribution in [0.3, 0.4) is 0 Å². The lowest BCUT2D eigenvalue weighted by Gasteiger charge is -2.15. The number of fused-ring (bicyclic) bond motifs is 9. The highest BCUT2D eigenvalue weighted by atomic mass is 16.5. The Morgan fingerprint density at radius 3 is 0.855 bits per heavy atom. The molecule has 434 valence electrons. The van der Waals surface area contributed by atoms with E-state index in [0.717, 1.165) is 111 Å². The lowest BCUT2D eigenvalue weighted by molar-refractivity contribution is -0.141. The Hall–Kier alpha value is -8.69. The zero-order valence-electron chi connectivity index (χ0n) is 48.9. The number of hydrogen-bond acceptors (Lipinski definition) is 9. The maximum atomic E-state index is 12.4. The summed E-state index contributed by atoms with van der Waals surface area (Å²) in [4.78, 5) is 85.4. The van der Waals surface area contributed by atoms with Crippen molar-refractivity contribution < 1.29 is 43.4 Å². The van der Waals surface area contributed by atoms with Crippen LogP contribution in [0.4, 0.5) is 0 Å². The van der Waals surface area contributed by atoms with Gasteiger partial charge in [-0.25, -0.2) is 0 Å². The number of aliphatic hydroxyl groups is 1. The fourth-order valence-electron chi connectivity index (χ4n) is 10.4. The number of benzene rings is 6. The Labute approximate surface area is 487 Å². The van der Waals surface area contributed by atoms with E-state index in [2.05, 4.69) is 38.5 Å². The fraction of sp³-hybridized carbons (Fsp3) is 0.338. The molecule has 15 heteroatoms. The average Bonchev–Trinajstić information content (AvgIpc) is 3.89. The predicted octanol–water partition coefficient (Wildman–Crippen LogP) is 10.7. The number of aliphatic hydroxyl groups excluding tert-OH is 1. The van der Waals surface area contributed by atoms with Crippen molar-refractivity contribution >= 4 is 47.0 Å². The van der Waals surface area contributed by atoms with E-state index in [1.54, 1.807) is 0 Å². The standard InChI is InChI=1S/C24H28N2O4.C22H26N2O3.C22H24N2O2/c1-4-10-25-23(28)16-6-8-18-19-9-7-17(24(29)26-11-5-2)13-21(19)22(20(18)12-16)14-30-15(3)27;1-3-9-23-21(26)14-5-7-16-17-8-6-15(22(27)24-10-4-2)12-19(17)20(13-25)18(16)11-14;1-4-10-23-21(25)15-6-8-17-18-9-7-16(22(26)24-11-5-2)13-20(18)14(3)19(17)12-15/h6-9,12-13,22H,4-5,10-11,14H2,1-3H3,(H,25,28)(H,26,29);5-8,11-12,20,25H,3-4,9-10,13H2,1-2H3,(H,23,26)(H,24,27);6-9,12-13H,3-5,10-11H2,1-2H3,(H,23,25)(H,24,26). The maximum Gasteiger partial charge on any atom is 0.302 e. The van der Waals surface area contributed by atoms with E-state index in [-0.39, 0.29) is 66.5 Å². The van der Waals surface area contributed by atoms with Gasteiger partial charge in [-0.3, -0.25) is 33.6 Å². The van der Waals surface area contributed by atoms with Gasteiger partial charge in [-0.15, -0.1) is 0 Å². The van der Waals surface area contributed by atoms with Gasteiger partial charge in [0.15, 0.2) is 0 Å². The third-order valence-electron chi connectivity index (χ3n) is 14.7. The highest BCUT2D eigenvalue weighted by molar-refractivity contribution is 6.06. The van der Waals surface area contributed by atoms with Crippen LogP contribution < -0.4 is 31.9 Å². The first-order chi connectivity index (χ1) is 40.1. The topological polar surface area (TPSA) is 221 Å². The van der Waals surface area contributed by atoms with E-state index in [0.29, 0.717) is 72.6 Å². The fourth-order valence-corrected chi connectivity index (χ4v) is 10.4. The lowest BCUT2D eigenvalue weighted by Crippen LogP contribution is -2.24. The van der Waals surface area contributed by atoms with Crippen LogP contribution in [0, 0.1) is 0 Å². The van der Waals surface area contributed by atoms with Crippen LogP contribution in [0.15, 0.2) is 116 Å². The number of ether oxygens (including phenoxy) is 1. The lowest BCUT2D eigenvalue weighted by atomic mass is 9.95. The van der Waals surface area contributed by atoms with Crippen molar-refractivity contribution in [3.8, 4) is 33.4 Å². The summed E-state index contributed by atoms with van der Waals surface area (Å²) in [5.74, 6) is -1.42. The minimum atomic E-state index is -0.362. The molecule has 0 fully saturated rings. The van der Waals surface area contributed by atoms with Crippen LogP contribution in [0.2, 0.25) is 0 Å². The smallest absolute Gasteiger partial charge is 0.302 e. The van der Waals surface area contributed by atoms with E-state index in [4.69, 9.17) is 4.74 Å². The molecular formula is C68H78N6O9. The summed E-state index contributed by atoms with van der Waals surface area (Å²) in [7, 11) is 0. The highest BCUT2D eigenvalue weighted by Gasteiger charge is 2.33. The molecule has 0 atom stereocenters. The van der Waals surface area contributed by atoms with Crippen molar-refractivity contribution in [1.29, 1.82) is 0 Å². The number of hydrogen-bond donors (Lipinski definition) is 7. The Bertz CT molecular complexity index is 3210. The van der Waals surface area contributed by atoms with Gasteiger partial charge in [-0.1, -0.05) is 84.5 Å². The van der Waals surface area contributed by atoms with Gasteiger partial charge in [0.25, 0.3) is 35.4 Å². The van der Waals surface area contributed by atoms with Gasteiger partial charge in [0.05, 0.1) is 6.61 Å². The highest BCUT2D eigenvalue weighted by Crippen LogP contribution is 2.48. The van der Waals surface area contributed by atoms with Crippen molar-refractivity contribution in [2.45, 2.75) is 98.8 Å². The molecule has 0 spiro atoms. The quantitative estimate of drug-likeness (QED) is 0.0340. The Kier molecular flexibility index (Phi) is 21.9. The number of nitrogens with one attached hydrogen (secondary N) is 6. The molecule has 3 aliphatic carbocycles. The number of carbonyl (C=O) groups excluding carboxylic acids is 7. The monoisotopic (exact) mass is 1120 g/mol. The zero-order chi connectivity index (χ0) is 59.7. The summed E-state index contributed by atoms with van der Waals surface area (Å²) in [6.45, 7) is 21.6. The van der Waals surface area contributed by atoms with Gasteiger partial charge in [-0.05, 0) is 184 Å². The molecule has 6 aromatic rings. The van der Waals surface area contributed by atoms with Crippen LogP contribution >= 0.6 is 0 Å². The largest absolute Gasteiger partial charge is 0.465 e. The first kappa shape index (κ1) is 61.9. The van der Waals surface area contributed by atoms with Gasteiger partial charge < -0.3 is 41.7 Å². The second-order valence-electron chi connectivity index (χ2n) is 20.8. The molecule has 7 N–H and O–H groups in total. The van der Waals surface area contributed by atoms with Crippen molar-refractivity contribution in [3.05, 3.63) is 183 Å². The molecule has 0 unspecified atom stereocenters. The normalized spacial score (nSPS) is 12.1. The predicted molar refractivity (Wildman–Crippen MR) is 327 cm³/mol. The summed E-state index contributed by atoms with van der Waals surface area (Å²) in [6, 6.07) is 33.8. The zero-order valence-corrected chi connectivity index (χ0v) is 48.9. The first-order valence-electron chi connectivity index (χ1n) is 29.1. The second-order valence-corrected chi connectivity index (χ2v) is 20.8. The van der Waals surface area contributed by atoms with Gasteiger partial charge in [-0.2, -0.15) is 0 Å². The molecule has 0 radical (unpaired) electrons. The van der Waals surface area contributed by atoms with Gasteiger partial charge in [0.1, 0.15) is 6.61 Å². The molecule has 83 heavy (non-hydrogen) atoms. The minimum absolute atomic E-state index is 0.0694. The van der Waals surface area contributed by atoms with Gasteiger partial charge >= 0.3 is 5.97 Å². The Morgan fingerprint density at radius 2 is 0.614 bits per heavy atom. The number of amides is 6. The molecule has 15 nitrogen and oxygen atoms in total. The molecule has 0 heterocycles. The molecule has 9 rings (SSSR count). The average molecular weight is 1120 g/mol. The van der Waals surface area contributed by atoms with E-state index in [1.165, 1.54) is 6.92 Å². The Morgan fingerprint density at radius 1 is 0.373 bits per heavy atom. The number of rotatable bonds is 21. The van der Waals surface area contributed by atoms with Crippen LogP contribution in [0.25, 0.3) is 39.0 Å². The van der Waals surface area contributed by atoms with E-state index >= 15 is 0 Å². The molecule has 6 amide bonds. The van der Waals surface area contributed by atoms with Crippen molar-refractivity contribution in [2.75, 3.05) is 52.5 Å². The summed E-state index contributed by atoms with van der Waals surface area (Å²) in [6.07, 6.45) is 5.28. The second kappa shape index (κ2) is 29.3. The molecule has 0 aliphatic heterocycles. The van der Waals surface area contributed by atoms with Crippen LogP contribution in [-0.2, 0) is 9.53 Å². The van der Waals surface area contributed by atoms with Crippen LogP contribution in [-0.4, -0.2) is 99.0 Å². The van der Waals surface area contributed by atoms with Crippen molar-refractivity contribution in [3.63, 3.8) is 0 Å². The van der Waals surface area contributed by atoms with Crippen molar-refractivity contribution in [2.24, 2.45) is 0 Å². The molecule has 0 saturated carbocycles. The summed E-state index contributed by atoms with van der Waals surface area (Å²) < 4.78 is 5.33. The van der Waals surface area contributed by atoms with E-state index in [1.807, 2.05) is 151 Å². The van der Waals surface area contributed by atoms with E-state index in [9.17, 15) is 38.7 Å². The van der Waals surface area contributed by atoms with E-state index < -0.39 is 0 Å². The van der Waals surface area contributed by atoms with Crippen molar-refractivity contribution in [1.82, 2.24) is 31.9 Å². The molecule has 0 bridgehead atoms. The molecule has 6 aromatic carbocycles. The number of esters is 1. The number of carbonyl (C=O) groups is 7. The third-order valence-corrected chi connectivity index (χ3v) is 14.7. The molecule has 3 aliphatic rings. The van der Waals surface area contributed by atoms with Crippen LogP contribution in [0.1, 0.15) is 194 Å². The maximum absolute atomic E-state index is 12.4. The van der Waals surface area contributed by atoms with Crippen LogP contribution in [0.5, 0.6) is 0 Å². The van der Waals surface area contributed by atoms with Gasteiger partial charge in [0, 0.05) is 91.4 Å². The summed E-state index contributed by atoms with van der Waals surface area (Å²) in [5, 5.41) is 27.3. The molecular weight excluding hydrogens is 1040 g/mol. The van der Waals surface area contributed by atoms with Gasteiger partial charge in [0.2, 0.25) is 0 Å². The molecule has 0 aromatic heterocycles.